The molecule has 2 aromatic carbocycles. The molecule has 0 aliphatic carbocycles. The normalized spacial score (nSPS) is 10.8. The molecule has 3 rings (SSSR count). The summed E-state index contributed by atoms with van der Waals surface area (Å²) in [7, 11) is 1.63. The van der Waals surface area contributed by atoms with E-state index < -0.39 is 5.82 Å². The molecule has 0 atom stereocenters. The number of hydrogen-bond donors (Lipinski definition) is 0. The van der Waals surface area contributed by atoms with Gasteiger partial charge in [0.15, 0.2) is 0 Å². The zero-order valence-electron chi connectivity index (χ0n) is 14.9. The van der Waals surface area contributed by atoms with E-state index in [4.69, 9.17) is 16.1 Å². The lowest BCUT2D eigenvalue weighted by molar-refractivity contribution is 0.0780. The lowest BCUT2D eigenvalue weighted by atomic mass is 10.1. The van der Waals surface area contributed by atoms with Crippen molar-refractivity contribution in [1.29, 1.82) is 0 Å². The van der Waals surface area contributed by atoms with Crippen LogP contribution in [0.25, 0.3) is 0 Å². The van der Waals surface area contributed by atoms with Gasteiger partial charge in [0.2, 0.25) is 0 Å². The summed E-state index contributed by atoms with van der Waals surface area (Å²) in [4.78, 5) is 15.2. The van der Waals surface area contributed by atoms with Crippen LogP contribution in [0.5, 0.6) is 0 Å². The molecule has 0 radical (unpaired) electrons. The van der Waals surface area contributed by atoms with Gasteiger partial charge in [-0.1, -0.05) is 35.0 Å². The van der Waals surface area contributed by atoms with Gasteiger partial charge < -0.3 is 9.42 Å². The van der Waals surface area contributed by atoms with Crippen LogP contribution in [0.1, 0.15) is 27.4 Å². The number of aromatic nitrogens is 1. The van der Waals surface area contributed by atoms with Crippen LogP contribution in [-0.4, -0.2) is 23.0 Å². The van der Waals surface area contributed by atoms with Gasteiger partial charge in [-0.3, -0.25) is 4.79 Å². The third-order valence-corrected chi connectivity index (χ3v) is 5.42. The fourth-order valence-electron chi connectivity index (χ4n) is 2.60. The Morgan fingerprint density at radius 2 is 2.04 bits per heavy atom. The summed E-state index contributed by atoms with van der Waals surface area (Å²) >= 11 is 7.57. The van der Waals surface area contributed by atoms with E-state index in [2.05, 4.69) is 5.16 Å². The van der Waals surface area contributed by atoms with E-state index in [1.807, 2.05) is 25.1 Å². The number of rotatable bonds is 6. The van der Waals surface area contributed by atoms with E-state index in [1.54, 1.807) is 31.3 Å². The molecular formula is C20H18ClFN2O2S. The zero-order valence-corrected chi connectivity index (χ0v) is 16.5. The molecule has 1 heterocycles. The van der Waals surface area contributed by atoms with Gasteiger partial charge in [-0.15, -0.1) is 11.8 Å². The number of carbonyl (C=O) groups excluding carboxylic acids is 1. The SMILES string of the molecule is Cc1cc(CSc2ccccc2C(=O)N(C)Cc2c(F)cccc2Cl)on1. The van der Waals surface area contributed by atoms with Crippen LogP contribution >= 0.6 is 23.4 Å². The summed E-state index contributed by atoms with van der Waals surface area (Å²) in [5.41, 5.74) is 1.67. The topological polar surface area (TPSA) is 46.3 Å². The van der Waals surface area contributed by atoms with Crippen LogP contribution in [0, 0.1) is 12.7 Å². The highest BCUT2D eigenvalue weighted by molar-refractivity contribution is 7.98. The van der Waals surface area contributed by atoms with Gasteiger partial charge in [-0.05, 0) is 31.2 Å². The molecule has 0 aliphatic heterocycles. The van der Waals surface area contributed by atoms with Gasteiger partial charge in [-0.25, -0.2) is 4.39 Å². The molecular weight excluding hydrogens is 387 g/mol. The van der Waals surface area contributed by atoms with Crippen LogP contribution < -0.4 is 0 Å². The Morgan fingerprint density at radius 3 is 2.74 bits per heavy atom. The number of thioether (sulfide) groups is 1. The predicted octanol–water partition coefficient (Wildman–Crippen LogP) is 5.34. The highest BCUT2D eigenvalue weighted by Crippen LogP contribution is 2.28. The Balaban J connectivity index is 1.76. The standard InChI is InChI=1S/C20H18ClFN2O2S/c1-13-10-14(26-23-13)12-27-19-9-4-3-6-15(19)20(25)24(2)11-16-17(21)7-5-8-18(16)22/h3-10H,11-12H2,1-2H3. The summed E-state index contributed by atoms with van der Waals surface area (Å²) in [5, 5.41) is 4.17. The largest absolute Gasteiger partial charge is 0.360 e. The molecule has 3 aromatic rings. The second kappa shape index (κ2) is 8.59. The molecule has 0 saturated carbocycles. The van der Waals surface area contributed by atoms with Crippen molar-refractivity contribution in [1.82, 2.24) is 10.1 Å². The summed E-state index contributed by atoms with van der Waals surface area (Å²) in [6.07, 6.45) is 0. The van der Waals surface area contributed by atoms with E-state index in [-0.39, 0.29) is 12.5 Å². The van der Waals surface area contributed by atoms with Crippen LogP contribution in [0.2, 0.25) is 5.02 Å². The van der Waals surface area contributed by atoms with Crippen LogP contribution in [-0.2, 0) is 12.3 Å². The van der Waals surface area contributed by atoms with Crippen LogP contribution in [0.4, 0.5) is 4.39 Å². The molecule has 0 fully saturated rings. The summed E-state index contributed by atoms with van der Waals surface area (Å²) < 4.78 is 19.2. The molecule has 1 amide bonds. The summed E-state index contributed by atoms with van der Waals surface area (Å²) in [6.45, 7) is 1.95. The van der Waals surface area contributed by atoms with E-state index >= 15 is 0 Å². The number of halogens is 2. The molecule has 0 aliphatic rings. The Hall–Kier alpha value is -2.31. The van der Waals surface area contributed by atoms with Crippen molar-refractivity contribution in [3.63, 3.8) is 0 Å². The quantitative estimate of drug-likeness (QED) is 0.520. The lowest BCUT2D eigenvalue weighted by Gasteiger charge is -2.20. The first-order valence-corrected chi connectivity index (χ1v) is 9.64. The molecule has 0 saturated heterocycles. The zero-order chi connectivity index (χ0) is 19.4. The fourth-order valence-corrected chi connectivity index (χ4v) is 3.74. The Kier molecular flexibility index (Phi) is 6.19. The minimum absolute atomic E-state index is 0.0879. The molecule has 0 N–H and O–H groups in total. The number of nitrogens with zero attached hydrogens (tertiary/aromatic N) is 2. The molecule has 0 bridgehead atoms. The lowest BCUT2D eigenvalue weighted by Crippen LogP contribution is -2.27. The van der Waals surface area contributed by atoms with E-state index in [1.165, 1.54) is 22.7 Å². The van der Waals surface area contributed by atoms with E-state index in [9.17, 15) is 9.18 Å². The van der Waals surface area contributed by atoms with Crippen molar-refractivity contribution in [2.75, 3.05) is 7.05 Å². The molecule has 4 nitrogen and oxygen atoms in total. The van der Waals surface area contributed by atoms with Crippen molar-refractivity contribution in [3.05, 3.63) is 82.0 Å². The van der Waals surface area contributed by atoms with E-state index in [0.717, 1.165) is 16.3 Å². The van der Waals surface area contributed by atoms with Crippen LogP contribution in [0.3, 0.4) is 0 Å². The monoisotopic (exact) mass is 404 g/mol. The molecule has 0 unspecified atom stereocenters. The van der Waals surface area contributed by atoms with Crippen molar-refractivity contribution in [3.8, 4) is 0 Å². The van der Waals surface area contributed by atoms with Crippen molar-refractivity contribution in [2.24, 2.45) is 0 Å². The maximum Gasteiger partial charge on any atom is 0.255 e. The fraction of sp³-hybridized carbons (Fsp3) is 0.200. The van der Waals surface area contributed by atoms with Crippen LogP contribution in [0.15, 0.2) is 57.9 Å². The second-order valence-corrected chi connectivity index (χ2v) is 7.51. The third kappa shape index (κ3) is 4.70. The number of hydrogen-bond acceptors (Lipinski definition) is 4. The molecule has 7 heteroatoms. The summed E-state index contributed by atoms with van der Waals surface area (Å²) in [6, 6.07) is 13.7. The first kappa shape index (κ1) is 19.5. The van der Waals surface area contributed by atoms with Gasteiger partial charge in [-0.2, -0.15) is 0 Å². The average Bonchev–Trinajstić information content (AvgIpc) is 3.08. The average molecular weight is 405 g/mol. The maximum atomic E-state index is 14.0. The molecule has 0 spiro atoms. The van der Waals surface area contributed by atoms with Gasteiger partial charge in [0.1, 0.15) is 11.6 Å². The van der Waals surface area contributed by atoms with Gasteiger partial charge in [0.05, 0.1) is 17.0 Å². The third-order valence-electron chi connectivity index (χ3n) is 3.97. The number of amides is 1. The first-order chi connectivity index (χ1) is 13.0. The van der Waals surface area contributed by atoms with Crippen molar-refractivity contribution < 1.29 is 13.7 Å². The predicted molar refractivity (Wildman–Crippen MR) is 104 cm³/mol. The first-order valence-electron chi connectivity index (χ1n) is 8.28. The van der Waals surface area contributed by atoms with Gasteiger partial charge >= 0.3 is 0 Å². The van der Waals surface area contributed by atoms with Gasteiger partial charge in [0, 0.05) is 35.1 Å². The Bertz CT molecular complexity index is 940. The highest BCUT2D eigenvalue weighted by Gasteiger charge is 2.19. The highest BCUT2D eigenvalue weighted by atomic mass is 35.5. The Labute approximate surface area is 166 Å². The minimum atomic E-state index is -0.425. The number of aryl methyl sites for hydroxylation is 1. The van der Waals surface area contributed by atoms with E-state index in [0.29, 0.717) is 21.9 Å². The number of carbonyl (C=O) groups is 1. The van der Waals surface area contributed by atoms with Gasteiger partial charge in [0.25, 0.3) is 5.91 Å². The minimum Gasteiger partial charge on any atom is -0.360 e. The molecule has 27 heavy (non-hydrogen) atoms. The summed E-state index contributed by atoms with van der Waals surface area (Å²) in [5.74, 6) is 0.677. The second-order valence-electron chi connectivity index (χ2n) is 6.08. The number of benzene rings is 2. The Morgan fingerprint density at radius 1 is 1.26 bits per heavy atom. The van der Waals surface area contributed by atoms with Crippen molar-refractivity contribution in [2.45, 2.75) is 24.1 Å². The molecule has 1 aromatic heterocycles. The van der Waals surface area contributed by atoms with Crippen molar-refractivity contribution >= 4 is 29.3 Å². The smallest absolute Gasteiger partial charge is 0.255 e. The molecule has 140 valence electrons. The maximum absolute atomic E-state index is 14.0.